The molecule has 2 heterocycles. The number of aliphatic hydroxyl groups is 1. The molecule has 3 atom stereocenters. The van der Waals surface area contributed by atoms with Gasteiger partial charge in [0, 0.05) is 31.6 Å². The molecule has 4 rings (SSSR count). The van der Waals surface area contributed by atoms with E-state index in [2.05, 4.69) is 21.9 Å². The highest BCUT2D eigenvalue weighted by Crippen LogP contribution is 2.36. The van der Waals surface area contributed by atoms with Crippen LogP contribution in [0.25, 0.3) is 0 Å². The Kier molecular flexibility index (Phi) is 3.66. The van der Waals surface area contributed by atoms with E-state index in [1.54, 1.807) is 0 Å². The Morgan fingerprint density at radius 3 is 2.77 bits per heavy atom. The monoisotopic (exact) mass is 300 g/mol. The highest BCUT2D eigenvalue weighted by Gasteiger charge is 2.39. The Morgan fingerprint density at radius 1 is 1.14 bits per heavy atom. The number of carbonyl (C=O) groups is 1. The summed E-state index contributed by atoms with van der Waals surface area (Å²) in [6.45, 7) is 2.88. The lowest BCUT2D eigenvalue weighted by Crippen LogP contribution is -2.52. The molecule has 0 spiro atoms. The maximum Gasteiger partial charge on any atom is 0.222 e. The number of amides is 1. The Morgan fingerprint density at radius 2 is 2.00 bits per heavy atom. The minimum absolute atomic E-state index is 0.179. The van der Waals surface area contributed by atoms with Crippen LogP contribution in [-0.2, 0) is 11.2 Å². The van der Waals surface area contributed by atoms with Crippen molar-refractivity contribution >= 4 is 5.91 Å². The zero-order valence-corrected chi connectivity index (χ0v) is 12.9. The van der Waals surface area contributed by atoms with Crippen LogP contribution in [0, 0.1) is 0 Å². The molecule has 2 fully saturated rings. The van der Waals surface area contributed by atoms with Gasteiger partial charge in [0.25, 0.3) is 0 Å². The van der Waals surface area contributed by atoms with Crippen molar-refractivity contribution in [1.82, 2.24) is 9.80 Å². The van der Waals surface area contributed by atoms with Crippen molar-refractivity contribution in [3.05, 3.63) is 35.4 Å². The Balaban J connectivity index is 1.48. The number of hydrogen-bond donors (Lipinski definition) is 1. The molecule has 4 nitrogen and oxygen atoms in total. The van der Waals surface area contributed by atoms with Gasteiger partial charge in [-0.3, -0.25) is 9.69 Å². The molecule has 0 radical (unpaired) electrons. The fourth-order valence-corrected chi connectivity index (χ4v) is 4.48. The summed E-state index contributed by atoms with van der Waals surface area (Å²) in [7, 11) is 0. The summed E-state index contributed by atoms with van der Waals surface area (Å²) in [6, 6.07) is 8.76. The molecular formula is C18H24N2O2. The van der Waals surface area contributed by atoms with Gasteiger partial charge in [-0.15, -0.1) is 0 Å². The normalized spacial score (nSPS) is 32.5. The Hall–Kier alpha value is -1.39. The van der Waals surface area contributed by atoms with Crippen molar-refractivity contribution in [3.63, 3.8) is 0 Å². The lowest BCUT2D eigenvalue weighted by Gasteiger charge is -2.41. The van der Waals surface area contributed by atoms with Crippen LogP contribution in [0.15, 0.2) is 24.3 Å². The predicted octanol–water partition coefficient (Wildman–Crippen LogP) is 1.73. The lowest BCUT2D eigenvalue weighted by atomic mass is 10.0. The first-order valence-corrected chi connectivity index (χ1v) is 8.53. The summed E-state index contributed by atoms with van der Waals surface area (Å²) in [5.74, 6) is 0.321. The lowest BCUT2D eigenvalue weighted by molar-refractivity contribution is -0.131. The van der Waals surface area contributed by atoms with Crippen LogP contribution in [0.5, 0.6) is 0 Å². The number of fused-ring (bicyclic) bond motifs is 1. The average molecular weight is 300 g/mol. The first kappa shape index (κ1) is 14.2. The van der Waals surface area contributed by atoms with E-state index >= 15 is 0 Å². The summed E-state index contributed by atoms with van der Waals surface area (Å²) in [4.78, 5) is 16.5. The first-order valence-electron chi connectivity index (χ1n) is 8.53. The maximum atomic E-state index is 12.0. The molecule has 1 aromatic carbocycles. The summed E-state index contributed by atoms with van der Waals surface area (Å²) in [6.07, 6.45) is 4.49. The number of aliphatic hydroxyl groups excluding tert-OH is 1. The summed E-state index contributed by atoms with van der Waals surface area (Å²) >= 11 is 0. The van der Waals surface area contributed by atoms with Crippen LogP contribution in [0.3, 0.4) is 0 Å². The second kappa shape index (κ2) is 5.67. The van der Waals surface area contributed by atoms with Crippen molar-refractivity contribution < 1.29 is 9.90 Å². The largest absolute Gasteiger partial charge is 0.387 e. The predicted molar refractivity (Wildman–Crippen MR) is 84.4 cm³/mol. The molecule has 1 aliphatic carbocycles. The molecule has 2 saturated heterocycles. The van der Waals surface area contributed by atoms with Crippen LogP contribution < -0.4 is 0 Å². The van der Waals surface area contributed by atoms with Crippen molar-refractivity contribution in [2.24, 2.45) is 0 Å². The summed E-state index contributed by atoms with van der Waals surface area (Å²) in [5, 5.41) is 10.7. The van der Waals surface area contributed by atoms with E-state index in [9.17, 15) is 9.90 Å². The van der Waals surface area contributed by atoms with Crippen LogP contribution >= 0.6 is 0 Å². The standard InChI is InChI=1S/C18H24N2O2/c21-17-8-4-10-20(17)14-6-3-9-19(12-14)16-11-13-5-1-2-7-15(13)18(16)22/h1-2,5,7,14,16,18,22H,3-4,6,8-12H2/t14-,16-,18+/m1/s1. The summed E-state index contributed by atoms with van der Waals surface area (Å²) < 4.78 is 0. The van der Waals surface area contributed by atoms with Gasteiger partial charge in [0.2, 0.25) is 5.91 Å². The van der Waals surface area contributed by atoms with Crippen LogP contribution in [0.2, 0.25) is 0 Å². The fourth-order valence-electron chi connectivity index (χ4n) is 4.48. The molecule has 0 saturated carbocycles. The van der Waals surface area contributed by atoms with E-state index in [0.29, 0.717) is 18.4 Å². The zero-order valence-electron chi connectivity index (χ0n) is 12.9. The number of carbonyl (C=O) groups excluding carboxylic acids is 1. The molecule has 3 aliphatic rings. The molecular weight excluding hydrogens is 276 g/mol. The van der Waals surface area contributed by atoms with E-state index in [-0.39, 0.29) is 12.1 Å². The number of nitrogens with zero attached hydrogens (tertiary/aromatic N) is 2. The molecule has 118 valence electrons. The van der Waals surface area contributed by atoms with E-state index < -0.39 is 0 Å². The van der Waals surface area contributed by atoms with Crippen LogP contribution in [-0.4, -0.2) is 52.5 Å². The second-order valence-electron chi connectivity index (χ2n) is 6.90. The molecule has 0 aromatic heterocycles. The third-order valence-electron chi connectivity index (χ3n) is 5.61. The number of hydrogen-bond acceptors (Lipinski definition) is 3. The fraction of sp³-hybridized carbons (Fsp3) is 0.611. The molecule has 1 aromatic rings. The average Bonchev–Trinajstić information content (AvgIpc) is 3.12. The van der Waals surface area contributed by atoms with Gasteiger partial charge in [-0.05, 0) is 43.4 Å². The second-order valence-corrected chi connectivity index (χ2v) is 6.90. The molecule has 0 unspecified atom stereocenters. The van der Waals surface area contributed by atoms with E-state index in [1.165, 1.54) is 5.56 Å². The summed E-state index contributed by atoms with van der Waals surface area (Å²) in [5.41, 5.74) is 2.37. The molecule has 1 N–H and O–H groups in total. The van der Waals surface area contributed by atoms with Gasteiger partial charge in [-0.1, -0.05) is 24.3 Å². The SMILES string of the molecule is O=C1CCCN1[C@@H]1CCCN([C@@H]2Cc3ccccc3[C@@H]2O)C1. The van der Waals surface area contributed by atoms with Crippen LogP contribution in [0.1, 0.15) is 42.9 Å². The molecule has 0 bridgehead atoms. The minimum Gasteiger partial charge on any atom is -0.387 e. The van der Waals surface area contributed by atoms with E-state index in [0.717, 1.165) is 50.9 Å². The van der Waals surface area contributed by atoms with Crippen molar-refractivity contribution in [2.45, 2.75) is 50.3 Å². The van der Waals surface area contributed by atoms with Crippen LogP contribution in [0.4, 0.5) is 0 Å². The third kappa shape index (κ3) is 2.34. The smallest absolute Gasteiger partial charge is 0.222 e. The van der Waals surface area contributed by atoms with Gasteiger partial charge in [0.05, 0.1) is 6.10 Å². The number of benzene rings is 1. The molecule has 4 heteroatoms. The van der Waals surface area contributed by atoms with E-state index in [4.69, 9.17) is 0 Å². The Labute approximate surface area is 131 Å². The maximum absolute atomic E-state index is 12.0. The number of rotatable bonds is 2. The molecule has 2 aliphatic heterocycles. The number of piperidine rings is 1. The van der Waals surface area contributed by atoms with Crippen molar-refractivity contribution in [1.29, 1.82) is 0 Å². The van der Waals surface area contributed by atoms with E-state index in [1.807, 2.05) is 12.1 Å². The highest BCUT2D eigenvalue weighted by molar-refractivity contribution is 5.78. The zero-order chi connectivity index (χ0) is 15.1. The topological polar surface area (TPSA) is 43.8 Å². The number of likely N-dealkylation sites (tertiary alicyclic amines) is 2. The van der Waals surface area contributed by atoms with Crippen molar-refractivity contribution in [2.75, 3.05) is 19.6 Å². The van der Waals surface area contributed by atoms with Gasteiger partial charge in [-0.2, -0.15) is 0 Å². The molecule has 1 amide bonds. The highest BCUT2D eigenvalue weighted by atomic mass is 16.3. The van der Waals surface area contributed by atoms with Gasteiger partial charge in [0.15, 0.2) is 0 Å². The quantitative estimate of drug-likeness (QED) is 0.904. The minimum atomic E-state index is -0.385. The van der Waals surface area contributed by atoms with Gasteiger partial charge in [-0.25, -0.2) is 0 Å². The first-order chi connectivity index (χ1) is 10.7. The van der Waals surface area contributed by atoms with Gasteiger partial charge in [0.1, 0.15) is 0 Å². The third-order valence-corrected chi connectivity index (χ3v) is 5.61. The van der Waals surface area contributed by atoms with Gasteiger partial charge < -0.3 is 10.0 Å². The molecule has 22 heavy (non-hydrogen) atoms. The Bertz CT molecular complexity index is 574. The van der Waals surface area contributed by atoms with Gasteiger partial charge >= 0.3 is 0 Å². The van der Waals surface area contributed by atoms with Crippen molar-refractivity contribution in [3.8, 4) is 0 Å².